The summed E-state index contributed by atoms with van der Waals surface area (Å²) in [5.74, 6) is 3.10. The number of carbonyl (C=O) groups excluding carboxylic acids is 1. The summed E-state index contributed by atoms with van der Waals surface area (Å²) < 4.78 is 33.2. The van der Waals surface area contributed by atoms with Crippen LogP contribution in [0.25, 0.3) is 0 Å². The zero-order valence-electron chi connectivity index (χ0n) is 28.5. The van der Waals surface area contributed by atoms with Crippen LogP contribution in [0.5, 0.6) is 11.5 Å². The molecular formula is C35H61O7P. The van der Waals surface area contributed by atoms with Gasteiger partial charge in [-0.05, 0) is 94.7 Å². The molecule has 0 bridgehead atoms. The van der Waals surface area contributed by atoms with E-state index in [9.17, 15) is 14.3 Å². The summed E-state index contributed by atoms with van der Waals surface area (Å²) in [4.78, 5) is 22.0. The zero-order valence-corrected chi connectivity index (χ0v) is 29.4. The van der Waals surface area contributed by atoms with E-state index in [1.54, 1.807) is 0 Å². The highest BCUT2D eigenvalue weighted by molar-refractivity contribution is 7.47. The molecule has 43 heavy (non-hydrogen) atoms. The van der Waals surface area contributed by atoms with Crippen LogP contribution in [0.2, 0.25) is 0 Å². The van der Waals surface area contributed by atoms with Gasteiger partial charge in [0, 0.05) is 19.1 Å². The average molecular weight is 625 g/mol. The maximum Gasteiger partial charge on any atom is 0.471 e. The summed E-state index contributed by atoms with van der Waals surface area (Å²) in [5.41, 5.74) is 4.11. The van der Waals surface area contributed by atoms with E-state index in [1.807, 2.05) is 6.92 Å². The second-order valence-electron chi connectivity index (χ2n) is 13.4. The molecule has 0 aromatic heterocycles. The fourth-order valence-corrected chi connectivity index (χ4v) is 6.80. The average Bonchev–Trinajstić information content (AvgIpc) is 2.95. The van der Waals surface area contributed by atoms with Gasteiger partial charge in [0.15, 0.2) is 0 Å². The molecule has 0 fully saturated rings. The Balaban J connectivity index is 1.81. The highest BCUT2D eigenvalue weighted by Gasteiger charge is 2.34. The third kappa shape index (κ3) is 12.9. The van der Waals surface area contributed by atoms with Crippen LogP contribution in [0, 0.1) is 32.6 Å². The van der Waals surface area contributed by atoms with Crippen molar-refractivity contribution in [2.45, 2.75) is 157 Å². The SMILES string of the molecule is CCCC(C)CCCC(C)CCCC1(C)CCc2c(C)c(OC(=O)CCCCCCCOP(=O)(O)OC)c(C)c(C)c2O1. The number of phosphoric ester groups is 1. The van der Waals surface area contributed by atoms with E-state index < -0.39 is 7.82 Å². The molecule has 0 amide bonds. The first-order chi connectivity index (χ1) is 20.3. The molecule has 0 aliphatic carbocycles. The van der Waals surface area contributed by atoms with Crippen molar-refractivity contribution in [1.82, 2.24) is 0 Å². The smallest absolute Gasteiger partial charge is 0.471 e. The van der Waals surface area contributed by atoms with Gasteiger partial charge in [0.1, 0.15) is 17.1 Å². The molecule has 1 heterocycles. The summed E-state index contributed by atoms with van der Waals surface area (Å²) in [5, 5.41) is 0. The molecule has 1 aromatic rings. The Hall–Kier alpha value is -1.40. The number of ether oxygens (including phenoxy) is 2. The van der Waals surface area contributed by atoms with Gasteiger partial charge in [0.25, 0.3) is 0 Å². The first-order valence-electron chi connectivity index (χ1n) is 16.9. The van der Waals surface area contributed by atoms with E-state index >= 15 is 0 Å². The van der Waals surface area contributed by atoms with Gasteiger partial charge in [-0.1, -0.05) is 78.6 Å². The second kappa shape index (κ2) is 18.5. The lowest BCUT2D eigenvalue weighted by Crippen LogP contribution is -2.37. The molecule has 0 saturated heterocycles. The van der Waals surface area contributed by atoms with Crippen LogP contribution >= 0.6 is 7.82 Å². The standard InChI is InChI=1S/C35H61O7P/c1-9-17-26(2)18-15-19-27(3)20-16-23-35(7)24-22-31-30(6)33(28(4)29(5)34(31)42-35)41-32(36)21-13-11-10-12-14-25-40-43(37,38)39-8/h26-27H,9-25H2,1-8H3,(H,37,38). The van der Waals surface area contributed by atoms with Crippen molar-refractivity contribution in [2.24, 2.45) is 11.8 Å². The van der Waals surface area contributed by atoms with E-state index in [4.69, 9.17) is 14.0 Å². The largest absolute Gasteiger partial charge is 0.487 e. The molecule has 1 N–H and O–H groups in total. The third-order valence-electron chi connectivity index (χ3n) is 9.37. The molecule has 0 saturated carbocycles. The van der Waals surface area contributed by atoms with Crippen LogP contribution in [-0.2, 0) is 24.8 Å². The predicted octanol–water partition coefficient (Wildman–Crippen LogP) is 10.1. The van der Waals surface area contributed by atoms with Crippen LogP contribution in [0.1, 0.15) is 146 Å². The molecule has 7 nitrogen and oxygen atoms in total. The van der Waals surface area contributed by atoms with Crippen LogP contribution in [0.15, 0.2) is 0 Å². The Labute approximate surface area is 262 Å². The maximum atomic E-state index is 12.7. The molecule has 4 atom stereocenters. The summed E-state index contributed by atoms with van der Waals surface area (Å²) in [6.07, 6.45) is 16.6. The summed E-state index contributed by atoms with van der Waals surface area (Å²) in [6, 6.07) is 0. The van der Waals surface area contributed by atoms with Gasteiger partial charge in [-0.15, -0.1) is 0 Å². The number of benzene rings is 1. The first kappa shape index (κ1) is 37.8. The van der Waals surface area contributed by atoms with Gasteiger partial charge in [-0.2, -0.15) is 0 Å². The lowest BCUT2D eigenvalue weighted by Gasteiger charge is -2.38. The van der Waals surface area contributed by atoms with Crippen molar-refractivity contribution in [2.75, 3.05) is 13.7 Å². The van der Waals surface area contributed by atoms with Crippen LogP contribution in [0.4, 0.5) is 0 Å². The monoisotopic (exact) mass is 624 g/mol. The first-order valence-corrected chi connectivity index (χ1v) is 18.4. The lowest BCUT2D eigenvalue weighted by atomic mass is 9.83. The van der Waals surface area contributed by atoms with Gasteiger partial charge in [0.2, 0.25) is 0 Å². The number of esters is 1. The summed E-state index contributed by atoms with van der Waals surface area (Å²) >= 11 is 0. The number of hydrogen-bond donors (Lipinski definition) is 1. The van der Waals surface area contributed by atoms with Gasteiger partial charge in [-0.3, -0.25) is 13.8 Å². The molecule has 1 aliphatic heterocycles. The molecule has 2 rings (SSSR count). The minimum Gasteiger partial charge on any atom is -0.487 e. The Morgan fingerprint density at radius 3 is 2.23 bits per heavy atom. The molecule has 1 aromatic carbocycles. The molecule has 0 radical (unpaired) electrons. The Morgan fingerprint density at radius 1 is 0.930 bits per heavy atom. The Kier molecular flexibility index (Phi) is 16.3. The number of rotatable bonds is 21. The lowest BCUT2D eigenvalue weighted by molar-refractivity contribution is -0.134. The van der Waals surface area contributed by atoms with Crippen LogP contribution in [-0.4, -0.2) is 30.2 Å². The predicted molar refractivity (Wildman–Crippen MR) is 175 cm³/mol. The molecule has 0 spiro atoms. The quantitative estimate of drug-likeness (QED) is 0.0630. The molecule has 8 heteroatoms. The van der Waals surface area contributed by atoms with Gasteiger partial charge in [0.05, 0.1) is 6.61 Å². The molecule has 248 valence electrons. The van der Waals surface area contributed by atoms with Crippen molar-refractivity contribution >= 4 is 13.8 Å². The highest BCUT2D eigenvalue weighted by atomic mass is 31.2. The topological polar surface area (TPSA) is 91.3 Å². The Morgan fingerprint density at radius 2 is 1.56 bits per heavy atom. The number of unbranched alkanes of at least 4 members (excludes halogenated alkanes) is 4. The number of phosphoric acid groups is 1. The Bertz CT molecular complexity index is 1060. The van der Waals surface area contributed by atoms with E-state index in [2.05, 4.69) is 46.1 Å². The van der Waals surface area contributed by atoms with Crippen molar-refractivity contribution in [1.29, 1.82) is 0 Å². The molecule has 4 unspecified atom stereocenters. The minimum atomic E-state index is -3.89. The maximum absolute atomic E-state index is 12.7. The van der Waals surface area contributed by atoms with Gasteiger partial charge < -0.3 is 14.4 Å². The second-order valence-corrected chi connectivity index (χ2v) is 14.9. The van der Waals surface area contributed by atoms with Crippen molar-refractivity contribution in [3.05, 3.63) is 22.3 Å². The van der Waals surface area contributed by atoms with Crippen LogP contribution in [0.3, 0.4) is 0 Å². The highest BCUT2D eigenvalue weighted by Crippen LogP contribution is 2.45. The van der Waals surface area contributed by atoms with E-state index in [0.29, 0.717) is 18.6 Å². The van der Waals surface area contributed by atoms with Gasteiger partial charge in [-0.25, -0.2) is 4.57 Å². The normalized spacial score (nSPS) is 19.3. The van der Waals surface area contributed by atoms with E-state index in [-0.39, 0.29) is 18.2 Å². The minimum absolute atomic E-state index is 0.155. The van der Waals surface area contributed by atoms with Crippen LogP contribution < -0.4 is 9.47 Å². The summed E-state index contributed by atoms with van der Waals surface area (Å²) in [6.45, 7) is 15.7. The third-order valence-corrected chi connectivity index (χ3v) is 10.3. The molecular weight excluding hydrogens is 563 g/mol. The van der Waals surface area contributed by atoms with E-state index in [1.165, 1.54) is 50.5 Å². The fourth-order valence-electron chi connectivity index (χ4n) is 6.33. The molecule has 1 aliphatic rings. The van der Waals surface area contributed by atoms with Crippen molar-refractivity contribution in [3.63, 3.8) is 0 Å². The summed E-state index contributed by atoms with van der Waals surface area (Å²) in [7, 11) is -2.74. The number of hydrogen-bond acceptors (Lipinski definition) is 6. The zero-order chi connectivity index (χ0) is 32.0. The van der Waals surface area contributed by atoms with E-state index in [0.717, 1.165) is 86.3 Å². The van der Waals surface area contributed by atoms with Crippen molar-refractivity contribution < 1.29 is 32.8 Å². The fraction of sp³-hybridized carbons (Fsp3) is 0.800. The number of fused-ring (bicyclic) bond motifs is 1. The number of carbonyl (C=O) groups is 1. The van der Waals surface area contributed by atoms with Crippen molar-refractivity contribution in [3.8, 4) is 11.5 Å². The van der Waals surface area contributed by atoms with Gasteiger partial charge >= 0.3 is 13.8 Å².